The van der Waals surface area contributed by atoms with Crippen molar-refractivity contribution in [1.82, 2.24) is 0 Å². The van der Waals surface area contributed by atoms with E-state index >= 15 is 0 Å². The molecule has 0 spiro atoms. The molecule has 27 heavy (non-hydrogen) atoms. The third-order valence-electron chi connectivity index (χ3n) is 4.53. The van der Waals surface area contributed by atoms with Gasteiger partial charge in [0.1, 0.15) is 5.60 Å². The van der Waals surface area contributed by atoms with Crippen molar-refractivity contribution >= 4 is 0 Å². The fourth-order valence-corrected chi connectivity index (χ4v) is 3.32. The van der Waals surface area contributed by atoms with Crippen LogP contribution in [0.15, 0.2) is 91.0 Å². The summed E-state index contributed by atoms with van der Waals surface area (Å²) in [6.45, 7) is 1.52. The Bertz CT molecular complexity index is 676. The van der Waals surface area contributed by atoms with Gasteiger partial charge in [-0.15, -0.1) is 0 Å². The minimum absolute atomic E-state index is 0.0445. The van der Waals surface area contributed by atoms with Crippen LogP contribution in [0.5, 0.6) is 0 Å². The zero-order chi connectivity index (χ0) is 18.8. The zero-order valence-electron chi connectivity index (χ0n) is 15.5. The minimum Gasteiger partial charge on any atom is -0.394 e. The van der Waals surface area contributed by atoms with Crippen LogP contribution in [0.2, 0.25) is 0 Å². The van der Waals surface area contributed by atoms with Gasteiger partial charge >= 0.3 is 0 Å². The maximum atomic E-state index is 8.84. The molecule has 3 nitrogen and oxygen atoms in total. The predicted octanol–water partition coefficient (Wildman–Crippen LogP) is 4.39. The molecule has 3 rings (SSSR count). The Balaban J connectivity index is 1.98. The SMILES string of the molecule is OCCOCCCOC(c1ccccc1)(c1ccccc1)c1ccccc1. The van der Waals surface area contributed by atoms with Crippen LogP contribution >= 0.6 is 0 Å². The molecule has 140 valence electrons. The third-order valence-corrected chi connectivity index (χ3v) is 4.53. The summed E-state index contributed by atoms with van der Waals surface area (Å²) in [6.07, 6.45) is 0.758. The molecule has 1 N–H and O–H groups in total. The van der Waals surface area contributed by atoms with Crippen LogP contribution in [0.3, 0.4) is 0 Å². The van der Waals surface area contributed by atoms with E-state index in [-0.39, 0.29) is 6.61 Å². The first-order chi connectivity index (χ1) is 13.4. The average molecular weight is 362 g/mol. The Labute approximate surface area is 161 Å². The van der Waals surface area contributed by atoms with Crippen molar-refractivity contribution in [3.8, 4) is 0 Å². The predicted molar refractivity (Wildman–Crippen MR) is 108 cm³/mol. The fourth-order valence-electron chi connectivity index (χ4n) is 3.32. The van der Waals surface area contributed by atoms with Crippen LogP contribution < -0.4 is 0 Å². The number of ether oxygens (including phenoxy) is 2. The van der Waals surface area contributed by atoms with E-state index in [2.05, 4.69) is 36.4 Å². The van der Waals surface area contributed by atoms with Crippen molar-refractivity contribution in [3.05, 3.63) is 108 Å². The molecule has 3 heteroatoms. The van der Waals surface area contributed by atoms with Crippen LogP contribution in [0, 0.1) is 0 Å². The fraction of sp³-hybridized carbons (Fsp3) is 0.250. The molecule has 0 amide bonds. The number of aliphatic hydroxyl groups excluding tert-OH is 1. The number of rotatable bonds is 10. The van der Waals surface area contributed by atoms with Crippen LogP contribution in [0.1, 0.15) is 23.1 Å². The average Bonchev–Trinajstić information content (AvgIpc) is 2.75. The van der Waals surface area contributed by atoms with Gasteiger partial charge in [-0.05, 0) is 23.1 Å². The highest BCUT2D eigenvalue weighted by Crippen LogP contribution is 2.40. The molecule has 3 aromatic carbocycles. The van der Waals surface area contributed by atoms with Gasteiger partial charge in [0.25, 0.3) is 0 Å². The summed E-state index contributed by atoms with van der Waals surface area (Å²) in [5.74, 6) is 0. The smallest absolute Gasteiger partial charge is 0.143 e. The molecule has 0 fully saturated rings. The van der Waals surface area contributed by atoms with E-state index in [4.69, 9.17) is 14.6 Å². The molecule has 0 heterocycles. The van der Waals surface area contributed by atoms with Crippen LogP contribution in [0.4, 0.5) is 0 Å². The first-order valence-corrected chi connectivity index (χ1v) is 9.37. The molecule has 0 unspecified atom stereocenters. The maximum Gasteiger partial charge on any atom is 0.143 e. The second-order valence-electron chi connectivity index (χ2n) is 6.32. The van der Waals surface area contributed by atoms with Gasteiger partial charge in [0.2, 0.25) is 0 Å². The van der Waals surface area contributed by atoms with E-state index in [1.807, 2.05) is 54.6 Å². The molecule has 0 aliphatic carbocycles. The van der Waals surface area contributed by atoms with Gasteiger partial charge in [-0.1, -0.05) is 91.0 Å². The first-order valence-electron chi connectivity index (χ1n) is 9.37. The standard InChI is InChI=1S/C24H26O3/c25-17-20-26-18-10-19-27-24(21-11-4-1-5-12-21,22-13-6-2-7-14-22)23-15-8-3-9-16-23/h1-9,11-16,25H,10,17-20H2. The maximum absolute atomic E-state index is 8.84. The second kappa shape index (κ2) is 10.0. The Kier molecular flexibility index (Phi) is 7.17. The lowest BCUT2D eigenvalue weighted by molar-refractivity contribution is -0.00300. The van der Waals surface area contributed by atoms with Gasteiger partial charge < -0.3 is 14.6 Å². The van der Waals surface area contributed by atoms with Crippen LogP contribution in [0.25, 0.3) is 0 Å². The molecule has 3 aromatic rings. The summed E-state index contributed by atoms with van der Waals surface area (Å²) in [4.78, 5) is 0. The minimum atomic E-state index is -0.680. The number of hydrogen-bond acceptors (Lipinski definition) is 3. The molecule has 0 radical (unpaired) electrons. The van der Waals surface area contributed by atoms with E-state index in [0.717, 1.165) is 23.1 Å². The zero-order valence-corrected chi connectivity index (χ0v) is 15.5. The van der Waals surface area contributed by atoms with Gasteiger partial charge in [0, 0.05) is 6.61 Å². The van der Waals surface area contributed by atoms with E-state index < -0.39 is 5.60 Å². The lowest BCUT2D eigenvalue weighted by Crippen LogP contribution is -2.33. The Morgan fingerprint density at radius 2 is 1.04 bits per heavy atom. The third kappa shape index (κ3) is 4.64. The quantitative estimate of drug-likeness (QED) is 0.429. The van der Waals surface area contributed by atoms with Crippen molar-refractivity contribution in [3.63, 3.8) is 0 Å². The lowest BCUT2D eigenvalue weighted by Gasteiger charge is -2.36. The number of benzene rings is 3. The second-order valence-corrected chi connectivity index (χ2v) is 6.32. The summed E-state index contributed by atoms with van der Waals surface area (Å²) in [6, 6.07) is 31.0. The van der Waals surface area contributed by atoms with Gasteiger partial charge in [0.05, 0.1) is 19.8 Å². The molecule has 0 aliphatic rings. The van der Waals surface area contributed by atoms with E-state index in [0.29, 0.717) is 19.8 Å². The van der Waals surface area contributed by atoms with Crippen molar-refractivity contribution in [2.45, 2.75) is 12.0 Å². The molecular weight excluding hydrogens is 336 g/mol. The normalized spacial score (nSPS) is 11.4. The Morgan fingerprint density at radius 1 is 0.593 bits per heavy atom. The Hall–Kier alpha value is -2.46. The van der Waals surface area contributed by atoms with Crippen LogP contribution in [-0.2, 0) is 15.1 Å². The van der Waals surface area contributed by atoms with E-state index in [1.54, 1.807) is 0 Å². The van der Waals surface area contributed by atoms with Crippen molar-refractivity contribution in [2.24, 2.45) is 0 Å². The van der Waals surface area contributed by atoms with Crippen LogP contribution in [-0.4, -0.2) is 31.5 Å². The van der Waals surface area contributed by atoms with Gasteiger partial charge in [-0.2, -0.15) is 0 Å². The van der Waals surface area contributed by atoms with Crippen molar-refractivity contribution in [2.75, 3.05) is 26.4 Å². The summed E-state index contributed by atoms with van der Waals surface area (Å²) < 4.78 is 12.0. The highest BCUT2D eigenvalue weighted by molar-refractivity contribution is 5.47. The molecular formula is C24H26O3. The summed E-state index contributed by atoms with van der Waals surface area (Å²) >= 11 is 0. The summed E-state index contributed by atoms with van der Waals surface area (Å²) in [5.41, 5.74) is 2.61. The lowest BCUT2D eigenvalue weighted by atomic mass is 9.80. The first kappa shape index (κ1) is 19.3. The largest absolute Gasteiger partial charge is 0.394 e. The molecule has 0 saturated carbocycles. The molecule has 0 atom stereocenters. The van der Waals surface area contributed by atoms with Crippen molar-refractivity contribution in [1.29, 1.82) is 0 Å². The van der Waals surface area contributed by atoms with Gasteiger partial charge in [0.15, 0.2) is 0 Å². The van der Waals surface area contributed by atoms with Crippen molar-refractivity contribution < 1.29 is 14.6 Å². The van der Waals surface area contributed by atoms with Gasteiger partial charge in [-0.3, -0.25) is 0 Å². The monoisotopic (exact) mass is 362 g/mol. The number of aliphatic hydroxyl groups is 1. The van der Waals surface area contributed by atoms with E-state index in [9.17, 15) is 0 Å². The highest BCUT2D eigenvalue weighted by atomic mass is 16.5. The summed E-state index contributed by atoms with van der Waals surface area (Å²) in [5, 5.41) is 8.84. The molecule has 0 bridgehead atoms. The summed E-state index contributed by atoms with van der Waals surface area (Å²) in [7, 11) is 0. The number of hydrogen-bond donors (Lipinski definition) is 1. The highest BCUT2D eigenvalue weighted by Gasteiger charge is 2.37. The molecule has 0 aromatic heterocycles. The van der Waals surface area contributed by atoms with Gasteiger partial charge in [-0.25, -0.2) is 0 Å². The van der Waals surface area contributed by atoms with E-state index in [1.165, 1.54) is 0 Å². The topological polar surface area (TPSA) is 38.7 Å². The molecule has 0 saturated heterocycles. The Morgan fingerprint density at radius 3 is 1.44 bits per heavy atom. The molecule has 0 aliphatic heterocycles.